The molecule has 3 nitrogen and oxygen atoms in total. The van der Waals surface area contributed by atoms with E-state index in [4.69, 9.17) is 9.84 Å². The Balaban J connectivity index is 2.40. The maximum atomic E-state index is 12.6. The van der Waals surface area contributed by atoms with Crippen LogP contribution in [0.5, 0.6) is 11.5 Å². The van der Waals surface area contributed by atoms with Crippen LogP contribution >= 0.6 is 0 Å². The van der Waals surface area contributed by atoms with E-state index >= 15 is 0 Å². The fourth-order valence-corrected chi connectivity index (χ4v) is 2.20. The molecule has 0 heterocycles. The lowest BCUT2D eigenvalue weighted by atomic mass is 9.86. The van der Waals surface area contributed by atoms with Crippen molar-refractivity contribution in [3.8, 4) is 11.5 Å². The average Bonchev–Trinajstić information content (AvgIpc) is 2.45. The van der Waals surface area contributed by atoms with Gasteiger partial charge in [0.25, 0.3) is 0 Å². The number of carboxylic acid groups (broad SMARTS) is 1. The van der Waals surface area contributed by atoms with Crippen molar-refractivity contribution < 1.29 is 27.8 Å². The summed E-state index contributed by atoms with van der Waals surface area (Å²) < 4.78 is 43.5. The lowest BCUT2D eigenvalue weighted by molar-refractivity contribution is -0.137. The van der Waals surface area contributed by atoms with Crippen molar-refractivity contribution in [2.45, 2.75) is 32.4 Å². The van der Waals surface area contributed by atoms with E-state index in [9.17, 15) is 18.0 Å². The molecule has 0 radical (unpaired) electrons. The Hall–Kier alpha value is -2.50. The van der Waals surface area contributed by atoms with Gasteiger partial charge in [0.05, 0.1) is 11.1 Å². The van der Waals surface area contributed by atoms with E-state index in [1.54, 1.807) is 6.07 Å². The van der Waals surface area contributed by atoms with Crippen LogP contribution in [0.2, 0.25) is 0 Å². The predicted octanol–water partition coefficient (Wildman–Crippen LogP) is 5.49. The summed E-state index contributed by atoms with van der Waals surface area (Å²) in [5, 5.41) is 9.11. The monoisotopic (exact) mass is 338 g/mol. The molecule has 0 saturated carbocycles. The minimum absolute atomic E-state index is 0.0462. The number of alkyl halides is 3. The fraction of sp³-hybridized carbons (Fsp3) is 0.278. The van der Waals surface area contributed by atoms with Gasteiger partial charge in [0.2, 0.25) is 0 Å². The Morgan fingerprint density at radius 3 is 2.04 bits per heavy atom. The van der Waals surface area contributed by atoms with Gasteiger partial charge in [-0.3, -0.25) is 0 Å². The van der Waals surface area contributed by atoms with Crippen molar-refractivity contribution in [3.05, 3.63) is 59.2 Å². The maximum Gasteiger partial charge on any atom is 0.416 e. The third kappa shape index (κ3) is 4.07. The molecule has 0 aromatic heterocycles. The maximum absolute atomic E-state index is 12.6. The van der Waals surface area contributed by atoms with Gasteiger partial charge < -0.3 is 9.84 Å². The van der Waals surface area contributed by atoms with Gasteiger partial charge >= 0.3 is 12.1 Å². The van der Waals surface area contributed by atoms with Crippen LogP contribution in [0.1, 0.15) is 42.3 Å². The summed E-state index contributed by atoms with van der Waals surface area (Å²) in [5.74, 6) is -0.592. The molecule has 128 valence electrons. The van der Waals surface area contributed by atoms with Gasteiger partial charge in [0, 0.05) is 5.56 Å². The Morgan fingerprint density at radius 1 is 1.00 bits per heavy atom. The zero-order valence-electron chi connectivity index (χ0n) is 13.4. The summed E-state index contributed by atoms with van der Waals surface area (Å²) in [6.45, 7) is 5.80. The molecule has 6 heteroatoms. The number of hydrogen-bond donors (Lipinski definition) is 1. The van der Waals surface area contributed by atoms with E-state index in [-0.39, 0.29) is 16.7 Å². The van der Waals surface area contributed by atoms with Gasteiger partial charge in [-0.2, -0.15) is 13.2 Å². The van der Waals surface area contributed by atoms with Crippen LogP contribution in [0, 0.1) is 0 Å². The molecule has 2 aromatic carbocycles. The summed E-state index contributed by atoms with van der Waals surface area (Å²) >= 11 is 0. The molecular weight excluding hydrogens is 321 g/mol. The lowest BCUT2D eigenvalue weighted by Gasteiger charge is -2.23. The molecule has 0 fully saturated rings. The molecule has 1 N–H and O–H groups in total. The standard InChI is InChI=1S/C18H17F3O3/c1-17(2,3)14-9-4-11(16(22)23)10-15(14)24-13-7-5-12(6-8-13)18(19,20)21/h4-10H,1-3H3,(H,22,23). The number of aromatic carboxylic acids is 1. The molecular formula is C18H17F3O3. The van der Waals surface area contributed by atoms with Crippen LogP contribution in [-0.4, -0.2) is 11.1 Å². The number of rotatable bonds is 3. The summed E-state index contributed by atoms with van der Waals surface area (Å²) in [5.41, 5.74) is -0.291. The van der Waals surface area contributed by atoms with Gasteiger partial charge in [-0.05, 0) is 41.8 Å². The lowest BCUT2D eigenvalue weighted by Crippen LogP contribution is -2.13. The zero-order chi connectivity index (χ0) is 18.1. The number of carbonyl (C=O) groups is 1. The quantitative estimate of drug-likeness (QED) is 0.804. The van der Waals surface area contributed by atoms with E-state index in [2.05, 4.69) is 0 Å². The first-order valence-corrected chi connectivity index (χ1v) is 7.21. The van der Waals surface area contributed by atoms with Crippen LogP contribution in [0.3, 0.4) is 0 Å². The Bertz CT molecular complexity index is 742. The SMILES string of the molecule is CC(C)(C)c1ccc(C(=O)O)cc1Oc1ccc(C(F)(F)F)cc1. The van der Waals surface area contributed by atoms with Crippen LogP contribution in [0.25, 0.3) is 0 Å². The Labute approximate surface area is 137 Å². The molecule has 2 aromatic rings. The third-order valence-corrected chi connectivity index (χ3v) is 3.45. The van der Waals surface area contributed by atoms with Crippen molar-refractivity contribution in [1.29, 1.82) is 0 Å². The minimum atomic E-state index is -4.42. The van der Waals surface area contributed by atoms with Gasteiger partial charge in [-0.15, -0.1) is 0 Å². The first-order valence-electron chi connectivity index (χ1n) is 7.21. The highest BCUT2D eigenvalue weighted by molar-refractivity contribution is 5.88. The van der Waals surface area contributed by atoms with Crippen molar-refractivity contribution in [3.63, 3.8) is 0 Å². The van der Waals surface area contributed by atoms with Crippen molar-refractivity contribution >= 4 is 5.97 Å². The number of hydrogen-bond acceptors (Lipinski definition) is 2. The topological polar surface area (TPSA) is 46.5 Å². The molecule has 0 aliphatic carbocycles. The van der Waals surface area contributed by atoms with Crippen LogP contribution < -0.4 is 4.74 Å². The summed E-state index contributed by atoms with van der Waals surface area (Å²) in [4.78, 5) is 11.1. The Kier molecular flexibility index (Phi) is 4.60. The largest absolute Gasteiger partial charge is 0.478 e. The number of halogens is 3. The van der Waals surface area contributed by atoms with Crippen molar-refractivity contribution in [2.75, 3.05) is 0 Å². The zero-order valence-corrected chi connectivity index (χ0v) is 13.4. The highest BCUT2D eigenvalue weighted by Gasteiger charge is 2.30. The van der Waals surface area contributed by atoms with E-state index in [1.807, 2.05) is 20.8 Å². The van der Waals surface area contributed by atoms with Crippen molar-refractivity contribution in [1.82, 2.24) is 0 Å². The number of benzene rings is 2. The predicted molar refractivity (Wildman–Crippen MR) is 83.6 cm³/mol. The molecule has 2 rings (SSSR count). The van der Waals surface area contributed by atoms with Crippen LogP contribution in [-0.2, 0) is 11.6 Å². The summed E-state index contributed by atoms with van der Waals surface area (Å²) in [6, 6.07) is 8.78. The van der Waals surface area contributed by atoms with Crippen molar-refractivity contribution in [2.24, 2.45) is 0 Å². The second kappa shape index (κ2) is 6.19. The van der Waals surface area contributed by atoms with Gasteiger partial charge in [0.1, 0.15) is 11.5 Å². The smallest absolute Gasteiger partial charge is 0.416 e. The molecule has 0 unspecified atom stereocenters. The van der Waals surface area contributed by atoms with Gasteiger partial charge in [-0.25, -0.2) is 4.79 Å². The molecule has 0 amide bonds. The molecule has 0 aliphatic heterocycles. The first kappa shape index (κ1) is 17.8. The summed E-state index contributed by atoms with van der Waals surface area (Å²) in [6.07, 6.45) is -4.42. The van der Waals surface area contributed by atoms with Gasteiger partial charge in [0.15, 0.2) is 0 Å². The van der Waals surface area contributed by atoms with Crippen LogP contribution in [0.4, 0.5) is 13.2 Å². The second-order valence-electron chi connectivity index (χ2n) is 6.39. The highest BCUT2D eigenvalue weighted by Crippen LogP contribution is 2.36. The second-order valence-corrected chi connectivity index (χ2v) is 6.39. The highest BCUT2D eigenvalue weighted by atomic mass is 19.4. The third-order valence-electron chi connectivity index (χ3n) is 3.45. The first-order chi connectivity index (χ1) is 11.0. The summed E-state index contributed by atoms with van der Waals surface area (Å²) in [7, 11) is 0. The molecule has 0 spiro atoms. The number of carboxylic acids is 1. The van der Waals surface area contributed by atoms with E-state index in [0.717, 1.165) is 17.7 Å². The molecule has 0 atom stereocenters. The molecule has 0 aliphatic rings. The molecule has 0 saturated heterocycles. The van der Waals surface area contributed by atoms with E-state index in [1.165, 1.54) is 24.3 Å². The average molecular weight is 338 g/mol. The molecule has 24 heavy (non-hydrogen) atoms. The molecule has 0 bridgehead atoms. The van der Waals surface area contributed by atoms with Gasteiger partial charge in [-0.1, -0.05) is 26.8 Å². The Morgan fingerprint density at radius 2 is 1.58 bits per heavy atom. The van der Waals surface area contributed by atoms with E-state index in [0.29, 0.717) is 5.75 Å². The fourth-order valence-electron chi connectivity index (χ4n) is 2.20. The van der Waals surface area contributed by atoms with E-state index < -0.39 is 17.7 Å². The van der Waals surface area contributed by atoms with Crippen LogP contribution in [0.15, 0.2) is 42.5 Å². The normalized spacial score (nSPS) is 12.1. The minimum Gasteiger partial charge on any atom is -0.478 e. The number of ether oxygens (including phenoxy) is 1.